The fourth-order valence-corrected chi connectivity index (χ4v) is 2.18. The van der Waals surface area contributed by atoms with Crippen molar-refractivity contribution in [2.45, 2.75) is 59.8 Å². The van der Waals surface area contributed by atoms with Crippen LogP contribution in [0.3, 0.4) is 0 Å². The van der Waals surface area contributed by atoms with Crippen LogP contribution in [0.5, 0.6) is 0 Å². The van der Waals surface area contributed by atoms with E-state index in [2.05, 4.69) is 37.9 Å². The Labute approximate surface area is 109 Å². The van der Waals surface area contributed by atoms with Gasteiger partial charge in [0.1, 0.15) is 0 Å². The van der Waals surface area contributed by atoms with Crippen molar-refractivity contribution < 1.29 is 0 Å². The van der Waals surface area contributed by atoms with Crippen LogP contribution in [0, 0.1) is 5.92 Å². The number of nitrogens with one attached hydrogen (secondary N) is 1. The molecule has 0 amide bonds. The maximum Gasteiger partial charge on any atom is 0.000934 e. The van der Waals surface area contributed by atoms with Gasteiger partial charge in [0, 0.05) is 6.54 Å². The minimum Gasteiger partial charge on any atom is -0.317 e. The van der Waals surface area contributed by atoms with Crippen molar-refractivity contribution in [1.29, 1.82) is 0 Å². The lowest BCUT2D eigenvalue weighted by molar-refractivity contribution is 0.229. The third-order valence-corrected chi connectivity index (χ3v) is 3.62. The van der Waals surface area contributed by atoms with Gasteiger partial charge in [-0.25, -0.2) is 0 Å². The predicted octanol–water partition coefficient (Wildman–Crippen LogP) is 3.52. The van der Waals surface area contributed by atoms with Crippen LogP contribution in [0.4, 0.5) is 0 Å². The highest BCUT2D eigenvalue weighted by molar-refractivity contribution is 4.63. The van der Waals surface area contributed by atoms with Crippen molar-refractivity contribution in [2.24, 2.45) is 5.92 Å². The molecule has 0 saturated carbocycles. The molecule has 0 rings (SSSR count). The van der Waals surface area contributed by atoms with Gasteiger partial charge in [-0.05, 0) is 51.4 Å². The molecule has 0 unspecified atom stereocenters. The first-order valence-electron chi connectivity index (χ1n) is 7.71. The number of nitrogens with zero attached hydrogens (tertiary/aromatic N) is 1. The van der Waals surface area contributed by atoms with Crippen LogP contribution in [0.15, 0.2) is 0 Å². The lowest BCUT2D eigenvalue weighted by atomic mass is 10.0. The lowest BCUT2D eigenvalue weighted by Crippen LogP contribution is -2.30. The van der Waals surface area contributed by atoms with Gasteiger partial charge in [0.25, 0.3) is 0 Å². The van der Waals surface area contributed by atoms with Gasteiger partial charge in [0.2, 0.25) is 0 Å². The smallest absolute Gasteiger partial charge is 0.000934 e. The Kier molecular flexibility index (Phi) is 12.3. The van der Waals surface area contributed by atoms with E-state index in [1.165, 1.54) is 64.8 Å². The molecule has 0 aromatic rings. The summed E-state index contributed by atoms with van der Waals surface area (Å²) >= 11 is 0. The van der Waals surface area contributed by atoms with E-state index in [4.69, 9.17) is 0 Å². The Morgan fingerprint density at radius 2 is 1.65 bits per heavy atom. The molecule has 2 heteroatoms. The van der Waals surface area contributed by atoms with Crippen molar-refractivity contribution in [3.63, 3.8) is 0 Å². The molecule has 0 aromatic heterocycles. The third kappa shape index (κ3) is 9.61. The molecule has 0 heterocycles. The normalized spacial score (nSPS) is 11.6. The molecule has 1 N–H and O–H groups in total. The van der Waals surface area contributed by atoms with Crippen LogP contribution in [0.1, 0.15) is 59.8 Å². The molecule has 0 aliphatic heterocycles. The van der Waals surface area contributed by atoms with E-state index in [0.29, 0.717) is 0 Å². The molecular formula is C15H34N2. The van der Waals surface area contributed by atoms with Crippen LogP contribution in [-0.4, -0.2) is 37.6 Å². The van der Waals surface area contributed by atoms with Crippen molar-refractivity contribution in [1.82, 2.24) is 10.2 Å². The van der Waals surface area contributed by atoms with E-state index in [-0.39, 0.29) is 0 Å². The summed E-state index contributed by atoms with van der Waals surface area (Å²) < 4.78 is 0. The van der Waals surface area contributed by atoms with Crippen LogP contribution in [0.25, 0.3) is 0 Å². The summed E-state index contributed by atoms with van der Waals surface area (Å²) in [5.41, 5.74) is 0. The minimum absolute atomic E-state index is 0.896. The zero-order chi connectivity index (χ0) is 12.9. The Morgan fingerprint density at radius 1 is 0.941 bits per heavy atom. The van der Waals surface area contributed by atoms with Gasteiger partial charge in [-0.1, -0.05) is 40.5 Å². The van der Waals surface area contributed by atoms with E-state index in [1.54, 1.807) is 0 Å². The second kappa shape index (κ2) is 12.4. The molecule has 2 nitrogen and oxygen atoms in total. The zero-order valence-corrected chi connectivity index (χ0v) is 12.6. The molecule has 0 bridgehead atoms. The molecule has 0 aromatic carbocycles. The molecule has 104 valence electrons. The summed E-state index contributed by atoms with van der Waals surface area (Å²) in [4.78, 5) is 2.62. The molecule has 0 aliphatic carbocycles. The molecule has 0 spiro atoms. The summed E-state index contributed by atoms with van der Waals surface area (Å²) in [5, 5.41) is 3.47. The Morgan fingerprint density at radius 3 is 2.18 bits per heavy atom. The summed E-state index contributed by atoms with van der Waals surface area (Å²) in [6, 6.07) is 0. The fraction of sp³-hybridized carbons (Fsp3) is 1.00. The topological polar surface area (TPSA) is 15.3 Å². The van der Waals surface area contributed by atoms with Crippen LogP contribution < -0.4 is 5.32 Å². The molecular weight excluding hydrogens is 208 g/mol. The minimum atomic E-state index is 0.896. The summed E-state index contributed by atoms with van der Waals surface area (Å²) in [6.45, 7) is 15.3. The zero-order valence-electron chi connectivity index (χ0n) is 12.6. The molecule has 17 heavy (non-hydrogen) atoms. The van der Waals surface area contributed by atoms with Gasteiger partial charge >= 0.3 is 0 Å². The number of unbranched alkanes of at least 4 members (excludes halogenated alkanes) is 1. The van der Waals surface area contributed by atoms with Crippen LogP contribution >= 0.6 is 0 Å². The van der Waals surface area contributed by atoms with Crippen LogP contribution in [-0.2, 0) is 0 Å². The third-order valence-electron chi connectivity index (χ3n) is 3.62. The average Bonchev–Trinajstić information content (AvgIpc) is 2.37. The monoisotopic (exact) mass is 242 g/mol. The Bertz CT molecular complexity index is 144. The second-order valence-electron chi connectivity index (χ2n) is 5.03. The maximum absolute atomic E-state index is 3.47. The van der Waals surface area contributed by atoms with E-state index < -0.39 is 0 Å². The van der Waals surface area contributed by atoms with Crippen molar-refractivity contribution in [3.8, 4) is 0 Å². The van der Waals surface area contributed by atoms with Gasteiger partial charge in [0.15, 0.2) is 0 Å². The van der Waals surface area contributed by atoms with Crippen molar-refractivity contribution >= 4 is 0 Å². The van der Waals surface area contributed by atoms with Gasteiger partial charge in [-0.3, -0.25) is 0 Å². The lowest BCUT2D eigenvalue weighted by Gasteiger charge is -2.25. The molecule has 0 aliphatic rings. The summed E-state index contributed by atoms with van der Waals surface area (Å²) in [6.07, 6.45) is 6.55. The molecule has 0 radical (unpaired) electrons. The molecule has 0 saturated heterocycles. The first kappa shape index (κ1) is 16.9. The number of hydrogen-bond acceptors (Lipinski definition) is 2. The van der Waals surface area contributed by atoms with Crippen molar-refractivity contribution in [3.05, 3.63) is 0 Å². The summed E-state index contributed by atoms with van der Waals surface area (Å²) in [7, 11) is 0. The first-order chi connectivity index (χ1) is 8.28. The largest absolute Gasteiger partial charge is 0.317 e. The standard InChI is InChI=1S/C15H34N2/c1-5-11-16-12-9-10-13-17(8-4)14-15(6-2)7-3/h15-16H,5-14H2,1-4H3. The van der Waals surface area contributed by atoms with E-state index in [1.807, 2.05) is 0 Å². The Hall–Kier alpha value is -0.0800. The van der Waals surface area contributed by atoms with Gasteiger partial charge in [0.05, 0.1) is 0 Å². The van der Waals surface area contributed by atoms with Crippen molar-refractivity contribution in [2.75, 3.05) is 32.7 Å². The Balaban J connectivity index is 3.53. The van der Waals surface area contributed by atoms with E-state index in [0.717, 1.165) is 5.92 Å². The SMILES string of the molecule is CCCNCCCCN(CC)CC(CC)CC. The highest BCUT2D eigenvalue weighted by Gasteiger charge is 2.09. The van der Waals surface area contributed by atoms with E-state index >= 15 is 0 Å². The quantitative estimate of drug-likeness (QED) is 0.527. The summed E-state index contributed by atoms with van der Waals surface area (Å²) in [5.74, 6) is 0.896. The van der Waals surface area contributed by atoms with Gasteiger partial charge in [-0.2, -0.15) is 0 Å². The first-order valence-corrected chi connectivity index (χ1v) is 7.71. The highest BCUT2D eigenvalue weighted by Crippen LogP contribution is 2.10. The molecule has 0 fully saturated rings. The average molecular weight is 242 g/mol. The fourth-order valence-electron chi connectivity index (χ4n) is 2.18. The van der Waals surface area contributed by atoms with Gasteiger partial charge in [-0.15, -0.1) is 0 Å². The highest BCUT2D eigenvalue weighted by atomic mass is 15.1. The molecule has 0 atom stereocenters. The number of rotatable bonds is 12. The van der Waals surface area contributed by atoms with E-state index in [9.17, 15) is 0 Å². The number of hydrogen-bond donors (Lipinski definition) is 1. The van der Waals surface area contributed by atoms with Crippen LogP contribution in [0.2, 0.25) is 0 Å². The van der Waals surface area contributed by atoms with Gasteiger partial charge < -0.3 is 10.2 Å². The second-order valence-corrected chi connectivity index (χ2v) is 5.03. The maximum atomic E-state index is 3.47. The predicted molar refractivity (Wildman–Crippen MR) is 78.6 cm³/mol.